The molecule has 1 aliphatic carbocycles. The van der Waals surface area contributed by atoms with E-state index in [9.17, 15) is 14.0 Å². The van der Waals surface area contributed by atoms with Crippen LogP contribution in [0.25, 0.3) is 11.3 Å². The van der Waals surface area contributed by atoms with Gasteiger partial charge in [0.2, 0.25) is 0 Å². The van der Waals surface area contributed by atoms with Crippen molar-refractivity contribution in [1.82, 2.24) is 9.88 Å². The van der Waals surface area contributed by atoms with E-state index in [4.69, 9.17) is 47.5 Å². The third kappa shape index (κ3) is 9.49. The largest absolute Gasteiger partial charge is 0.490 e. The van der Waals surface area contributed by atoms with Crippen molar-refractivity contribution in [3.63, 3.8) is 0 Å². The molecule has 2 aliphatic rings. The number of hydrogen-bond donors (Lipinski definition) is 2. The SMILES string of the molecule is O=C(Nc1nc(-c2ccc(F)cc2)c(N2CCN(C3CCCCC3)CC2)s1)c1ccc(OCCOC(=O)c2ccc(OCCO)c(Cl)c2)c(Cl)c1. The maximum absolute atomic E-state index is 13.8. The lowest BCUT2D eigenvalue weighted by Gasteiger charge is -2.41. The molecule has 1 saturated carbocycles. The molecule has 3 aromatic carbocycles. The third-order valence-corrected chi connectivity index (χ3v) is 10.5. The number of rotatable bonds is 13. The highest BCUT2D eigenvalue weighted by atomic mass is 35.5. The van der Waals surface area contributed by atoms with Gasteiger partial charge in [-0.2, -0.15) is 0 Å². The normalized spacial score (nSPS) is 15.4. The van der Waals surface area contributed by atoms with E-state index >= 15 is 0 Å². The molecular weight excluding hydrogens is 718 g/mol. The molecule has 0 bridgehead atoms. The summed E-state index contributed by atoms with van der Waals surface area (Å²) in [7, 11) is 0. The number of piperazine rings is 1. The maximum atomic E-state index is 13.8. The number of anilines is 2. The van der Waals surface area contributed by atoms with Crippen LogP contribution in [0.5, 0.6) is 11.5 Å². The number of ether oxygens (including phenoxy) is 3. The first-order chi connectivity index (χ1) is 24.8. The van der Waals surface area contributed by atoms with Crippen LogP contribution in [0.15, 0.2) is 60.7 Å². The Kier molecular flexibility index (Phi) is 12.7. The minimum atomic E-state index is -0.595. The van der Waals surface area contributed by atoms with E-state index in [1.807, 2.05) is 0 Å². The lowest BCUT2D eigenvalue weighted by Crippen LogP contribution is -2.50. The summed E-state index contributed by atoms with van der Waals surface area (Å²) in [6.45, 7) is 3.51. The van der Waals surface area contributed by atoms with Crippen LogP contribution in [0.1, 0.15) is 52.8 Å². The second-order valence-corrected chi connectivity index (χ2v) is 14.1. The van der Waals surface area contributed by atoms with Crippen LogP contribution in [-0.4, -0.2) is 85.5 Å². The van der Waals surface area contributed by atoms with Gasteiger partial charge in [0, 0.05) is 43.3 Å². The van der Waals surface area contributed by atoms with E-state index < -0.39 is 11.9 Å². The highest BCUT2D eigenvalue weighted by molar-refractivity contribution is 7.20. The number of benzene rings is 3. The molecule has 0 radical (unpaired) electrons. The van der Waals surface area contributed by atoms with Gasteiger partial charge in [-0.25, -0.2) is 14.2 Å². The van der Waals surface area contributed by atoms with Crippen molar-refractivity contribution in [2.75, 3.05) is 62.8 Å². The van der Waals surface area contributed by atoms with Gasteiger partial charge >= 0.3 is 5.97 Å². The predicted octanol–water partition coefficient (Wildman–Crippen LogP) is 7.57. The van der Waals surface area contributed by atoms with Gasteiger partial charge in [-0.05, 0) is 73.5 Å². The summed E-state index contributed by atoms with van der Waals surface area (Å²) in [6, 6.07) is 16.0. The second-order valence-electron chi connectivity index (χ2n) is 12.3. The minimum Gasteiger partial charge on any atom is -0.490 e. The Labute approximate surface area is 310 Å². The van der Waals surface area contributed by atoms with E-state index in [1.54, 1.807) is 24.3 Å². The lowest BCUT2D eigenvalue weighted by molar-refractivity contribution is 0.0450. The van der Waals surface area contributed by atoms with Gasteiger partial charge in [0.05, 0.1) is 22.2 Å². The van der Waals surface area contributed by atoms with Crippen LogP contribution in [0.2, 0.25) is 10.0 Å². The Morgan fingerprint density at radius 1 is 0.863 bits per heavy atom. The summed E-state index contributed by atoms with van der Waals surface area (Å²) in [6.07, 6.45) is 6.45. The van der Waals surface area contributed by atoms with Gasteiger partial charge in [0.15, 0.2) is 5.13 Å². The van der Waals surface area contributed by atoms with Crippen molar-refractivity contribution in [2.45, 2.75) is 38.1 Å². The van der Waals surface area contributed by atoms with Gasteiger partial charge in [-0.1, -0.05) is 53.8 Å². The van der Waals surface area contributed by atoms with Crippen molar-refractivity contribution < 1.29 is 33.3 Å². The first kappa shape index (κ1) is 36.8. The number of thiazole rings is 1. The Morgan fingerprint density at radius 2 is 1.51 bits per heavy atom. The number of nitrogens with zero attached hydrogens (tertiary/aromatic N) is 3. The average Bonchev–Trinajstić information content (AvgIpc) is 3.57. The molecule has 1 saturated heterocycles. The summed E-state index contributed by atoms with van der Waals surface area (Å²) in [5, 5.41) is 13.6. The molecule has 0 atom stereocenters. The number of aromatic nitrogens is 1. The third-order valence-electron chi connectivity index (χ3n) is 8.92. The van der Waals surface area contributed by atoms with Crippen LogP contribution in [0, 0.1) is 5.82 Å². The molecule has 51 heavy (non-hydrogen) atoms. The number of aliphatic hydroxyl groups is 1. The Hall–Kier alpha value is -3.94. The van der Waals surface area contributed by atoms with Crippen molar-refractivity contribution >= 4 is 56.5 Å². The first-order valence-electron chi connectivity index (χ1n) is 17.0. The fourth-order valence-corrected chi connectivity index (χ4v) is 7.82. The van der Waals surface area contributed by atoms with E-state index in [2.05, 4.69) is 15.1 Å². The molecule has 6 rings (SSSR count). The molecule has 0 unspecified atom stereocenters. The summed E-state index contributed by atoms with van der Waals surface area (Å²) >= 11 is 14.0. The zero-order valence-electron chi connectivity index (χ0n) is 27.9. The molecule has 1 aromatic heterocycles. The van der Waals surface area contributed by atoms with Crippen molar-refractivity contribution in [2.24, 2.45) is 0 Å². The smallest absolute Gasteiger partial charge is 0.338 e. The topological polar surface area (TPSA) is 113 Å². The molecule has 2 N–H and O–H groups in total. The van der Waals surface area contributed by atoms with Gasteiger partial charge in [0.25, 0.3) is 5.91 Å². The molecule has 1 aliphatic heterocycles. The number of amides is 1. The highest BCUT2D eigenvalue weighted by Gasteiger charge is 2.28. The molecular formula is C37H39Cl2FN4O6S. The van der Waals surface area contributed by atoms with Gasteiger partial charge in [-0.3, -0.25) is 15.0 Å². The van der Waals surface area contributed by atoms with Crippen molar-refractivity contribution in [1.29, 1.82) is 0 Å². The number of esters is 1. The number of carbonyl (C=O) groups is 2. The molecule has 270 valence electrons. The zero-order valence-corrected chi connectivity index (χ0v) is 30.2. The van der Waals surface area contributed by atoms with Crippen LogP contribution in [0.3, 0.4) is 0 Å². The Balaban J connectivity index is 1.05. The van der Waals surface area contributed by atoms with Crippen molar-refractivity contribution in [3.05, 3.63) is 87.7 Å². The number of halogens is 3. The lowest BCUT2D eigenvalue weighted by atomic mass is 9.94. The summed E-state index contributed by atoms with van der Waals surface area (Å²) in [5.41, 5.74) is 2.03. The van der Waals surface area contributed by atoms with Gasteiger partial charge < -0.3 is 24.2 Å². The fraction of sp³-hybridized carbons (Fsp3) is 0.378. The van der Waals surface area contributed by atoms with Gasteiger partial charge in [0.1, 0.15) is 47.8 Å². The number of carbonyl (C=O) groups excluding carboxylic acids is 2. The van der Waals surface area contributed by atoms with E-state index in [-0.39, 0.29) is 47.9 Å². The number of nitrogens with one attached hydrogen (secondary N) is 1. The number of hydrogen-bond acceptors (Lipinski definition) is 10. The molecule has 14 heteroatoms. The quantitative estimate of drug-likeness (QED) is 0.105. The highest BCUT2D eigenvalue weighted by Crippen LogP contribution is 2.40. The van der Waals surface area contributed by atoms with Gasteiger partial charge in [-0.15, -0.1) is 0 Å². The molecule has 2 heterocycles. The second kappa shape index (κ2) is 17.5. The summed E-state index contributed by atoms with van der Waals surface area (Å²) in [5.74, 6) is -0.644. The summed E-state index contributed by atoms with van der Waals surface area (Å²) in [4.78, 5) is 35.5. The van der Waals surface area contributed by atoms with Crippen molar-refractivity contribution in [3.8, 4) is 22.8 Å². The average molecular weight is 758 g/mol. The maximum Gasteiger partial charge on any atom is 0.338 e. The fourth-order valence-electron chi connectivity index (χ4n) is 6.31. The Bertz CT molecular complexity index is 1810. The molecule has 2 fully saturated rings. The van der Waals surface area contributed by atoms with Crippen LogP contribution < -0.4 is 19.7 Å². The minimum absolute atomic E-state index is 0.0192. The monoisotopic (exact) mass is 756 g/mol. The summed E-state index contributed by atoms with van der Waals surface area (Å²) < 4.78 is 30.1. The Morgan fingerprint density at radius 3 is 2.18 bits per heavy atom. The molecule has 1 amide bonds. The molecule has 10 nitrogen and oxygen atoms in total. The molecule has 4 aromatic rings. The first-order valence-corrected chi connectivity index (χ1v) is 18.6. The molecule has 0 spiro atoms. The zero-order chi connectivity index (χ0) is 35.7. The number of aliphatic hydroxyl groups excluding tert-OH is 1. The van der Waals surface area contributed by atoms with E-state index in [0.29, 0.717) is 33.9 Å². The standard InChI is InChI=1S/C37H39Cl2FN4O6S/c38-29-22-25(8-12-32(29)49-20-21-50-36(47)26-9-13-31(30(39)23-26)48-19-18-45)34(46)42-37-41-33(24-6-10-27(40)11-7-24)35(51-37)44-16-14-43(15-17-44)28-4-2-1-3-5-28/h6-13,22-23,28,45H,1-5,14-21H2,(H,41,42,46). The predicted molar refractivity (Wildman–Crippen MR) is 197 cm³/mol. The van der Waals surface area contributed by atoms with E-state index in [1.165, 1.54) is 79.8 Å². The van der Waals surface area contributed by atoms with Crippen LogP contribution >= 0.6 is 34.5 Å². The van der Waals surface area contributed by atoms with Crippen LogP contribution in [0.4, 0.5) is 14.5 Å². The van der Waals surface area contributed by atoms with Crippen LogP contribution in [-0.2, 0) is 4.74 Å². The van der Waals surface area contributed by atoms with E-state index in [0.717, 1.165) is 36.7 Å².